The molecule has 23 heavy (non-hydrogen) atoms. The lowest BCUT2D eigenvalue weighted by Gasteiger charge is -2.29. The summed E-state index contributed by atoms with van der Waals surface area (Å²) in [6.07, 6.45) is 5.47. The molecule has 0 spiro atoms. The maximum absolute atomic E-state index is 13.6. The number of ether oxygens (including phenoxy) is 1. The van der Waals surface area contributed by atoms with Gasteiger partial charge in [0.15, 0.2) is 0 Å². The first kappa shape index (κ1) is 19.7. The van der Waals surface area contributed by atoms with Crippen molar-refractivity contribution in [3.63, 3.8) is 0 Å². The number of hydrogen-bond acceptors (Lipinski definition) is 3. The number of aryl methyl sites for hydroxylation is 1. The van der Waals surface area contributed by atoms with Crippen molar-refractivity contribution < 1.29 is 9.13 Å². The van der Waals surface area contributed by atoms with Gasteiger partial charge in [-0.25, -0.2) is 4.39 Å². The fourth-order valence-corrected chi connectivity index (χ4v) is 2.51. The van der Waals surface area contributed by atoms with E-state index in [1.165, 1.54) is 12.8 Å². The molecule has 2 N–H and O–H groups in total. The van der Waals surface area contributed by atoms with Crippen molar-refractivity contribution >= 4 is 5.69 Å². The molecule has 1 aromatic rings. The van der Waals surface area contributed by atoms with Crippen molar-refractivity contribution in [2.24, 2.45) is 11.7 Å². The van der Waals surface area contributed by atoms with Crippen molar-refractivity contribution in [3.05, 3.63) is 42.2 Å². The Bertz CT molecular complexity index is 455. The first-order valence-corrected chi connectivity index (χ1v) is 8.52. The Balaban J connectivity index is 0.000000257. The zero-order chi connectivity index (χ0) is 17.1. The lowest BCUT2D eigenvalue weighted by Crippen LogP contribution is -2.36. The number of rotatable bonds is 6. The van der Waals surface area contributed by atoms with Gasteiger partial charge in [-0.2, -0.15) is 0 Å². The van der Waals surface area contributed by atoms with Gasteiger partial charge in [-0.05, 0) is 49.9 Å². The largest absolute Gasteiger partial charge is 0.378 e. The van der Waals surface area contributed by atoms with Gasteiger partial charge in [0, 0.05) is 13.1 Å². The van der Waals surface area contributed by atoms with E-state index >= 15 is 0 Å². The molecule has 1 heterocycles. The lowest BCUT2D eigenvalue weighted by molar-refractivity contribution is 0.122. The SMILES string of the molecule is C=CCCC(CC)CN.Cc1ccc(N2CCOCC2)c(F)c1. The predicted octanol–water partition coefficient (Wildman–Crippen LogP) is 3.91. The van der Waals surface area contributed by atoms with E-state index in [4.69, 9.17) is 10.5 Å². The molecule has 0 radical (unpaired) electrons. The second-order valence-corrected chi connectivity index (χ2v) is 5.93. The van der Waals surface area contributed by atoms with E-state index in [1.54, 1.807) is 6.07 Å². The number of nitrogens with zero attached hydrogens (tertiary/aromatic N) is 1. The number of morpholine rings is 1. The van der Waals surface area contributed by atoms with Gasteiger partial charge in [-0.3, -0.25) is 0 Å². The maximum atomic E-state index is 13.6. The van der Waals surface area contributed by atoms with Gasteiger partial charge in [0.05, 0.1) is 18.9 Å². The molecule has 2 rings (SSSR count). The standard InChI is InChI=1S/C11H14FNO.C8H17N/c1-9-2-3-11(10(12)8-9)13-4-6-14-7-5-13;1-3-5-6-8(4-2)7-9/h2-3,8H,4-7H2,1H3;3,8H,1,4-7,9H2,2H3. The van der Waals surface area contributed by atoms with Crippen LogP contribution in [0, 0.1) is 18.7 Å². The van der Waals surface area contributed by atoms with E-state index in [-0.39, 0.29) is 5.82 Å². The van der Waals surface area contributed by atoms with Crippen LogP contribution in [-0.4, -0.2) is 32.8 Å². The third-order valence-corrected chi connectivity index (χ3v) is 4.14. The number of nitrogens with two attached hydrogens (primary N) is 1. The summed E-state index contributed by atoms with van der Waals surface area (Å²) in [6.45, 7) is 11.5. The van der Waals surface area contributed by atoms with E-state index < -0.39 is 0 Å². The van der Waals surface area contributed by atoms with Gasteiger partial charge in [-0.1, -0.05) is 25.5 Å². The van der Waals surface area contributed by atoms with Gasteiger partial charge in [-0.15, -0.1) is 6.58 Å². The van der Waals surface area contributed by atoms with E-state index in [9.17, 15) is 4.39 Å². The Morgan fingerprint density at radius 3 is 2.61 bits per heavy atom. The van der Waals surface area contributed by atoms with Crippen LogP contribution >= 0.6 is 0 Å². The molecule has 1 atom stereocenters. The first-order valence-electron chi connectivity index (χ1n) is 8.52. The van der Waals surface area contributed by atoms with Gasteiger partial charge in [0.25, 0.3) is 0 Å². The summed E-state index contributed by atoms with van der Waals surface area (Å²) in [7, 11) is 0. The Morgan fingerprint density at radius 1 is 1.39 bits per heavy atom. The summed E-state index contributed by atoms with van der Waals surface area (Å²) in [5.74, 6) is 0.579. The highest BCUT2D eigenvalue weighted by molar-refractivity contribution is 5.49. The van der Waals surface area contributed by atoms with Crippen LogP contribution in [0.5, 0.6) is 0 Å². The van der Waals surface area contributed by atoms with E-state index in [1.807, 2.05) is 30.0 Å². The van der Waals surface area contributed by atoms with Gasteiger partial charge in [0.1, 0.15) is 5.82 Å². The zero-order valence-corrected chi connectivity index (χ0v) is 14.6. The molecule has 1 saturated heterocycles. The van der Waals surface area contributed by atoms with Gasteiger partial charge >= 0.3 is 0 Å². The van der Waals surface area contributed by atoms with Gasteiger partial charge in [0.2, 0.25) is 0 Å². The fraction of sp³-hybridized carbons (Fsp3) is 0.579. The van der Waals surface area contributed by atoms with E-state index in [2.05, 4.69) is 13.5 Å². The molecule has 1 unspecified atom stereocenters. The molecule has 0 aromatic heterocycles. The molecule has 1 aliphatic heterocycles. The van der Waals surface area contributed by atoms with Crippen molar-refractivity contribution in [2.75, 3.05) is 37.7 Å². The molecule has 0 amide bonds. The van der Waals surface area contributed by atoms with Crippen LogP contribution in [-0.2, 0) is 4.74 Å². The normalized spacial score (nSPS) is 15.6. The quantitative estimate of drug-likeness (QED) is 0.807. The Morgan fingerprint density at radius 2 is 2.09 bits per heavy atom. The third kappa shape index (κ3) is 7.14. The minimum atomic E-state index is -0.132. The number of allylic oxidation sites excluding steroid dienone is 1. The van der Waals surface area contributed by atoms with Crippen molar-refractivity contribution in [2.45, 2.75) is 33.1 Å². The van der Waals surface area contributed by atoms with Crippen LogP contribution in [0.15, 0.2) is 30.9 Å². The molecule has 0 aliphatic carbocycles. The molecule has 0 bridgehead atoms. The van der Waals surface area contributed by atoms with Crippen LogP contribution < -0.4 is 10.6 Å². The summed E-state index contributed by atoms with van der Waals surface area (Å²) in [4.78, 5) is 2.03. The highest BCUT2D eigenvalue weighted by Gasteiger charge is 2.14. The Labute approximate surface area is 140 Å². The number of hydrogen-bond donors (Lipinski definition) is 1. The number of halogens is 1. The molecule has 130 valence electrons. The zero-order valence-electron chi connectivity index (χ0n) is 14.6. The highest BCUT2D eigenvalue weighted by atomic mass is 19.1. The summed E-state index contributed by atoms with van der Waals surface area (Å²) in [5.41, 5.74) is 7.14. The summed E-state index contributed by atoms with van der Waals surface area (Å²) >= 11 is 0. The first-order chi connectivity index (χ1) is 11.1. The highest BCUT2D eigenvalue weighted by Crippen LogP contribution is 2.21. The summed E-state index contributed by atoms with van der Waals surface area (Å²) in [6, 6.07) is 5.36. The molecular weight excluding hydrogens is 291 g/mol. The van der Waals surface area contributed by atoms with Crippen LogP contribution in [0.25, 0.3) is 0 Å². The molecule has 1 aromatic carbocycles. The molecular formula is C19H31FN2O. The van der Waals surface area contributed by atoms with Crippen molar-refractivity contribution in [3.8, 4) is 0 Å². The molecule has 1 aliphatic rings. The average Bonchev–Trinajstić information content (AvgIpc) is 2.57. The second kappa shape index (κ2) is 11.2. The minimum absolute atomic E-state index is 0.132. The Hall–Kier alpha value is -1.39. The van der Waals surface area contributed by atoms with Crippen LogP contribution in [0.2, 0.25) is 0 Å². The molecule has 3 nitrogen and oxygen atoms in total. The van der Waals surface area contributed by atoms with Crippen molar-refractivity contribution in [1.29, 1.82) is 0 Å². The number of benzene rings is 1. The van der Waals surface area contributed by atoms with Crippen molar-refractivity contribution in [1.82, 2.24) is 0 Å². The van der Waals surface area contributed by atoms with Gasteiger partial charge < -0.3 is 15.4 Å². The van der Waals surface area contributed by atoms with E-state index in [0.717, 1.165) is 31.6 Å². The maximum Gasteiger partial charge on any atom is 0.146 e. The average molecular weight is 322 g/mol. The molecule has 4 heteroatoms. The summed E-state index contributed by atoms with van der Waals surface area (Å²) < 4.78 is 18.8. The number of anilines is 1. The third-order valence-electron chi connectivity index (χ3n) is 4.14. The molecule has 0 saturated carbocycles. The van der Waals surface area contributed by atoms with E-state index in [0.29, 0.717) is 24.8 Å². The van der Waals surface area contributed by atoms with Crippen LogP contribution in [0.1, 0.15) is 31.7 Å². The Kier molecular flexibility index (Phi) is 9.57. The van der Waals surface area contributed by atoms with Crippen LogP contribution in [0.3, 0.4) is 0 Å². The molecule has 1 fully saturated rings. The lowest BCUT2D eigenvalue weighted by atomic mass is 10.0. The minimum Gasteiger partial charge on any atom is -0.378 e. The van der Waals surface area contributed by atoms with Crippen LogP contribution in [0.4, 0.5) is 10.1 Å². The monoisotopic (exact) mass is 322 g/mol. The smallest absolute Gasteiger partial charge is 0.146 e. The summed E-state index contributed by atoms with van der Waals surface area (Å²) in [5, 5.41) is 0. The predicted molar refractivity (Wildman–Crippen MR) is 96.4 cm³/mol. The topological polar surface area (TPSA) is 38.5 Å². The second-order valence-electron chi connectivity index (χ2n) is 5.93. The fourth-order valence-electron chi connectivity index (χ4n) is 2.51.